The maximum absolute atomic E-state index is 11.9. The SMILES string of the molecule is Cc1nc(C)c(C(=O)NCC2(CCO)CC2)o1. The number of aliphatic hydroxyl groups excluding tert-OH is 1. The van der Waals surface area contributed by atoms with E-state index in [1.54, 1.807) is 13.8 Å². The van der Waals surface area contributed by atoms with Crippen molar-refractivity contribution in [3.8, 4) is 0 Å². The first-order valence-electron chi connectivity index (χ1n) is 5.89. The van der Waals surface area contributed by atoms with Gasteiger partial charge in [0.05, 0.1) is 5.69 Å². The van der Waals surface area contributed by atoms with Crippen LogP contribution >= 0.6 is 0 Å². The van der Waals surface area contributed by atoms with Gasteiger partial charge in [-0.25, -0.2) is 4.98 Å². The number of rotatable bonds is 5. The van der Waals surface area contributed by atoms with Crippen molar-refractivity contribution in [3.63, 3.8) is 0 Å². The van der Waals surface area contributed by atoms with Crippen molar-refractivity contribution in [2.75, 3.05) is 13.2 Å². The minimum Gasteiger partial charge on any atom is -0.436 e. The first kappa shape index (κ1) is 12.1. The molecule has 0 aliphatic heterocycles. The lowest BCUT2D eigenvalue weighted by Gasteiger charge is -2.13. The molecule has 1 fully saturated rings. The summed E-state index contributed by atoms with van der Waals surface area (Å²) in [6.07, 6.45) is 2.90. The van der Waals surface area contributed by atoms with Crippen LogP contribution in [-0.2, 0) is 0 Å². The number of hydrogen-bond acceptors (Lipinski definition) is 4. The Labute approximate surface area is 100 Å². The van der Waals surface area contributed by atoms with Crippen molar-refractivity contribution >= 4 is 5.91 Å². The molecule has 2 rings (SSSR count). The highest BCUT2D eigenvalue weighted by molar-refractivity contribution is 5.92. The van der Waals surface area contributed by atoms with E-state index in [0.717, 1.165) is 19.3 Å². The lowest BCUT2D eigenvalue weighted by molar-refractivity contribution is 0.0911. The molecule has 0 atom stereocenters. The molecule has 0 radical (unpaired) electrons. The Hall–Kier alpha value is -1.36. The monoisotopic (exact) mass is 238 g/mol. The van der Waals surface area contributed by atoms with Crippen LogP contribution in [0.15, 0.2) is 4.42 Å². The van der Waals surface area contributed by atoms with E-state index in [-0.39, 0.29) is 17.9 Å². The molecule has 1 amide bonds. The van der Waals surface area contributed by atoms with Crippen LogP contribution in [0.2, 0.25) is 0 Å². The number of carbonyl (C=O) groups is 1. The molecule has 1 heterocycles. The number of aliphatic hydroxyl groups is 1. The summed E-state index contributed by atoms with van der Waals surface area (Å²) in [6, 6.07) is 0. The summed E-state index contributed by atoms with van der Waals surface area (Å²) in [5, 5.41) is 11.8. The average Bonchev–Trinajstić information content (AvgIpc) is 2.95. The molecule has 1 aliphatic rings. The third kappa shape index (κ3) is 2.66. The number of aryl methyl sites for hydroxylation is 2. The highest BCUT2D eigenvalue weighted by atomic mass is 16.4. The van der Waals surface area contributed by atoms with Gasteiger partial charge in [-0.2, -0.15) is 0 Å². The molecule has 17 heavy (non-hydrogen) atoms. The molecule has 0 aromatic carbocycles. The second-order valence-corrected chi connectivity index (χ2v) is 4.80. The predicted molar refractivity (Wildman–Crippen MR) is 61.7 cm³/mol. The molecule has 1 saturated carbocycles. The molecule has 1 aliphatic carbocycles. The topological polar surface area (TPSA) is 75.4 Å². The summed E-state index contributed by atoms with van der Waals surface area (Å²) in [5.74, 6) is 0.582. The third-order valence-corrected chi connectivity index (χ3v) is 3.33. The summed E-state index contributed by atoms with van der Waals surface area (Å²) in [4.78, 5) is 15.9. The minimum absolute atomic E-state index is 0.118. The highest BCUT2D eigenvalue weighted by Crippen LogP contribution is 2.47. The number of nitrogens with zero attached hydrogens (tertiary/aromatic N) is 1. The molecule has 0 saturated heterocycles. The molecule has 5 nitrogen and oxygen atoms in total. The Morgan fingerprint density at radius 1 is 1.53 bits per heavy atom. The van der Waals surface area contributed by atoms with Gasteiger partial charge in [0.2, 0.25) is 5.76 Å². The van der Waals surface area contributed by atoms with Crippen molar-refractivity contribution in [1.82, 2.24) is 10.3 Å². The van der Waals surface area contributed by atoms with Crippen molar-refractivity contribution in [1.29, 1.82) is 0 Å². The van der Waals surface area contributed by atoms with Gasteiger partial charge >= 0.3 is 0 Å². The van der Waals surface area contributed by atoms with Gasteiger partial charge in [0.25, 0.3) is 5.91 Å². The largest absolute Gasteiger partial charge is 0.436 e. The van der Waals surface area contributed by atoms with E-state index in [2.05, 4.69) is 10.3 Å². The molecule has 0 unspecified atom stereocenters. The number of hydrogen-bond donors (Lipinski definition) is 2. The highest BCUT2D eigenvalue weighted by Gasteiger charge is 2.42. The Morgan fingerprint density at radius 3 is 2.71 bits per heavy atom. The van der Waals surface area contributed by atoms with Crippen LogP contribution in [0, 0.1) is 19.3 Å². The summed E-state index contributed by atoms with van der Waals surface area (Å²) in [6.45, 7) is 4.26. The van der Waals surface area contributed by atoms with Gasteiger partial charge in [-0.05, 0) is 31.6 Å². The van der Waals surface area contributed by atoms with Crippen molar-refractivity contribution in [2.24, 2.45) is 5.41 Å². The zero-order valence-electron chi connectivity index (χ0n) is 10.2. The zero-order chi connectivity index (χ0) is 12.5. The number of amides is 1. The standard InChI is InChI=1S/C12H18N2O3/c1-8-10(17-9(2)14-8)11(16)13-7-12(3-4-12)5-6-15/h15H,3-7H2,1-2H3,(H,13,16). The molecule has 5 heteroatoms. The lowest BCUT2D eigenvalue weighted by Crippen LogP contribution is -2.30. The average molecular weight is 238 g/mol. The summed E-state index contributed by atoms with van der Waals surface area (Å²) >= 11 is 0. The molecule has 1 aromatic heterocycles. The van der Waals surface area contributed by atoms with Crippen LogP contribution in [0.4, 0.5) is 0 Å². The first-order chi connectivity index (χ1) is 8.06. The van der Waals surface area contributed by atoms with Gasteiger partial charge in [-0.15, -0.1) is 0 Å². The lowest BCUT2D eigenvalue weighted by atomic mass is 10.0. The Balaban J connectivity index is 1.92. The molecule has 0 spiro atoms. The Kier molecular flexibility index (Phi) is 3.19. The first-order valence-corrected chi connectivity index (χ1v) is 5.89. The Bertz CT molecular complexity index is 421. The van der Waals surface area contributed by atoms with Crippen molar-refractivity contribution in [3.05, 3.63) is 17.3 Å². The summed E-state index contributed by atoms with van der Waals surface area (Å²) < 4.78 is 5.25. The van der Waals surface area contributed by atoms with E-state index >= 15 is 0 Å². The predicted octanol–water partition coefficient (Wildman–Crippen LogP) is 1.18. The van der Waals surface area contributed by atoms with Crippen LogP contribution in [0.5, 0.6) is 0 Å². The van der Waals surface area contributed by atoms with Crippen LogP contribution in [-0.4, -0.2) is 29.1 Å². The second kappa shape index (κ2) is 4.49. The van der Waals surface area contributed by atoms with Gasteiger partial charge in [-0.1, -0.05) is 0 Å². The van der Waals surface area contributed by atoms with Crippen molar-refractivity contribution in [2.45, 2.75) is 33.1 Å². The second-order valence-electron chi connectivity index (χ2n) is 4.80. The van der Waals surface area contributed by atoms with Gasteiger partial charge < -0.3 is 14.8 Å². The third-order valence-electron chi connectivity index (χ3n) is 3.33. The van der Waals surface area contributed by atoms with Crippen LogP contribution in [0.25, 0.3) is 0 Å². The minimum atomic E-state index is -0.215. The van der Waals surface area contributed by atoms with Crippen LogP contribution in [0.3, 0.4) is 0 Å². The number of carbonyl (C=O) groups excluding carboxylic acids is 1. The van der Waals surface area contributed by atoms with Crippen LogP contribution in [0.1, 0.15) is 41.4 Å². The maximum Gasteiger partial charge on any atom is 0.289 e. The van der Waals surface area contributed by atoms with Gasteiger partial charge in [-0.3, -0.25) is 4.79 Å². The van der Waals surface area contributed by atoms with Gasteiger partial charge in [0.1, 0.15) is 0 Å². The molecule has 0 bridgehead atoms. The van der Waals surface area contributed by atoms with E-state index in [9.17, 15) is 4.79 Å². The number of nitrogens with one attached hydrogen (secondary N) is 1. The Morgan fingerprint density at radius 2 is 2.24 bits per heavy atom. The molecule has 2 N–H and O–H groups in total. The van der Waals surface area contributed by atoms with E-state index in [0.29, 0.717) is 23.9 Å². The number of aromatic nitrogens is 1. The van der Waals surface area contributed by atoms with Gasteiger partial charge in [0.15, 0.2) is 5.89 Å². The summed E-state index contributed by atoms with van der Waals surface area (Å²) in [7, 11) is 0. The quantitative estimate of drug-likeness (QED) is 0.807. The smallest absolute Gasteiger partial charge is 0.289 e. The van der Waals surface area contributed by atoms with E-state index in [4.69, 9.17) is 9.52 Å². The molecular formula is C12H18N2O3. The zero-order valence-corrected chi connectivity index (χ0v) is 10.2. The van der Waals surface area contributed by atoms with E-state index in [1.807, 2.05) is 0 Å². The maximum atomic E-state index is 11.9. The van der Waals surface area contributed by atoms with E-state index < -0.39 is 0 Å². The fourth-order valence-corrected chi connectivity index (χ4v) is 2.02. The molecular weight excluding hydrogens is 220 g/mol. The van der Waals surface area contributed by atoms with Crippen LogP contribution < -0.4 is 5.32 Å². The normalized spacial score (nSPS) is 16.9. The van der Waals surface area contributed by atoms with Crippen molar-refractivity contribution < 1.29 is 14.3 Å². The van der Waals surface area contributed by atoms with E-state index in [1.165, 1.54) is 0 Å². The fraction of sp³-hybridized carbons (Fsp3) is 0.667. The van der Waals surface area contributed by atoms with Gasteiger partial charge in [0, 0.05) is 20.1 Å². The molecule has 94 valence electrons. The molecule has 1 aromatic rings. The fourth-order valence-electron chi connectivity index (χ4n) is 2.02. The number of oxazole rings is 1. The summed E-state index contributed by atoms with van der Waals surface area (Å²) in [5.41, 5.74) is 0.736.